The van der Waals surface area contributed by atoms with E-state index in [1.54, 1.807) is 25.9 Å². The van der Waals surface area contributed by atoms with E-state index >= 15 is 0 Å². The molecule has 27 heavy (non-hydrogen) atoms. The van der Waals surface area contributed by atoms with Crippen LogP contribution >= 0.6 is 0 Å². The van der Waals surface area contributed by atoms with Crippen molar-refractivity contribution in [1.29, 1.82) is 0 Å². The first-order valence-electron chi connectivity index (χ1n) is 9.29. The Kier molecular flexibility index (Phi) is 5.05. The Morgan fingerprint density at radius 3 is 2.93 bits per heavy atom. The lowest BCUT2D eigenvalue weighted by molar-refractivity contribution is 0.216. The summed E-state index contributed by atoms with van der Waals surface area (Å²) in [7, 11) is 1.69. The fourth-order valence-electron chi connectivity index (χ4n) is 4.00. The Hall–Kier alpha value is -2.88. The van der Waals surface area contributed by atoms with E-state index < -0.39 is 0 Å². The summed E-state index contributed by atoms with van der Waals surface area (Å²) in [6.07, 6.45) is 16.3. The highest BCUT2D eigenvalue weighted by atomic mass is 16.5. The molecule has 0 saturated heterocycles. The molecule has 2 heterocycles. The molecule has 1 aromatic carbocycles. The Morgan fingerprint density at radius 1 is 1.30 bits per heavy atom. The van der Waals surface area contributed by atoms with Crippen molar-refractivity contribution < 1.29 is 14.2 Å². The van der Waals surface area contributed by atoms with Gasteiger partial charge in [-0.2, -0.15) is 0 Å². The summed E-state index contributed by atoms with van der Waals surface area (Å²) in [6.45, 7) is 4.27. The SMILES string of the molecule is [CH2]CC(c1c[nH]c2ccc(OC)cc12)C(C1=CC=CCC1)C1=COC=CO1. The molecule has 0 spiro atoms. The number of ether oxygens (including phenoxy) is 3. The maximum absolute atomic E-state index is 5.86. The van der Waals surface area contributed by atoms with E-state index in [-0.39, 0.29) is 11.8 Å². The Bertz CT molecular complexity index is 932. The quantitative estimate of drug-likeness (QED) is 0.713. The van der Waals surface area contributed by atoms with Crippen LogP contribution in [0.2, 0.25) is 0 Å². The summed E-state index contributed by atoms with van der Waals surface area (Å²) in [5.74, 6) is 1.90. The van der Waals surface area contributed by atoms with Crippen LogP contribution in [0.25, 0.3) is 10.9 Å². The van der Waals surface area contributed by atoms with Crippen LogP contribution in [0.1, 0.15) is 30.7 Å². The lowest BCUT2D eigenvalue weighted by Crippen LogP contribution is -2.20. The van der Waals surface area contributed by atoms with E-state index in [9.17, 15) is 0 Å². The first-order chi connectivity index (χ1) is 13.3. The molecule has 0 saturated carbocycles. The van der Waals surface area contributed by atoms with Gasteiger partial charge >= 0.3 is 0 Å². The topological polar surface area (TPSA) is 43.5 Å². The van der Waals surface area contributed by atoms with Crippen molar-refractivity contribution in [2.75, 3.05) is 7.11 Å². The van der Waals surface area contributed by atoms with Crippen LogP contribution in [0.5, 0.6) is 5.75 Å². The van der Waals surface area contributed by atoms with E-state index in [4.69, 9.17) is 14.2 Å². The molecule has 4 nitrogen and oxygen atoms in total. The summed E-state index contributed by atoms with van der Waals surface area (Å²) in [4.78, 5) is 3.39. The van der Waals surface area contributed by atoms with Gasteiger partial charge in [-0.3, -0.25) is 0 Å². The number of hydrogen-bond donors (Lipinski definition) is 1. The van der Waals surface area contributed by atoms with Crippen molar-refractivity contribution in [3.05, 3.63) is 85.2 Å². The zero-order valence-electron chi connectivity index (χ0n) is 15.5. The second kappa shape index (κ2) is 7.78. The minimum atomic E-state index is 0.0719. The van der Waals surface area contributed by atoms with Crippen LogP contribution in [-0.2, 0) is 9.47 Å². The van der Waals surface area contributed by atoms with Crippen LogP contribution < -0.4 is 4.74 Å². The molecule has 2 atom stereocenters. The minimum absolute atomic E-state index is 0.0719. The molecule has 2 aromatic rings. The molecule has 1 radical (unpaired) electrons. The summed E-state index contributed by atoms with van der Waals surface area (Å²) in [6, 6.07) is 6.11. The Balaban J connectivity index is 1.80. The molecule has 0 bridgehead atoms. The van der Waals surface area contributed by atoms with Crippen molar-refractivity contribution in [2.24, 2.45) is 5.92 Å². The number of rotatable bonds is 6. The Morgan fingerprint density at radius 2 is 2.22 bits per heavy atom. The third-order valence-electron chi connectivity index (χ3n) is 5.31. The fraction of sp³-hybridized carbons (Fsp3) is 0.261. The van der Waals surface area contributed by atoms with Gasteiger partial charge in [-0.05, 0) is 48.9 Å². The van der Waals surface area contributed by atoms with Gasteiger partial charge in [0, 0.05) is 23.0 Å². The van der Waals surface area contributed by atoms with Gasteiger partial charge in [0.2, 0.25) is 0 Å². The minimum Gasteiger partial charge on any atom is -0.497 e. The average molecular weight is 362 g/mol. The molecule has 4 rings (SSSR count). The standard InChI is InChI=1S/C23H24NO3/c1-3-18(20-14-24-21-10-9-17(25-2)13-19(20)21)23(16-7-5-4-6-8-16)22-15-26-11-12-27-22/h4-5,7,9-15,18,23-24H,1,3,6,8H2,2H3. The molecule has 2 unspecified atom stereocenters. The zero-order valence-corrected chi connectivity index (χ0v) is 15.5. The lowest BCUT2D eigenvalue weighted by Gasteiger charge is -2.31. The second-order valence-corrected chi connectivity index (χ2v) is 6.78. The van der Waals surface area contributed by atoms with Crippen LogP contribution in [0.15, 0.2) is 72.7 Å². The van der Waals surface area contributed by atoms with E-state index in [0.29, 0.717) is 0 Å². The molecule has 1 aromatic heterocycles. The first-order valence-corrected chi connectivity index (χ1v) is 9.29. The van der Waals surface area contributed by atoms with Crippen LogP contribution in [-0.4, -0.2) is 12.1 Å². The van der Waals surface area contributed by atoms with Crippen LogP contribution in [0, 0.1) is 12.8 Å². The lowest BCUT2D eigenvalue weighted by atomic mass is 9.76. The third kappa shape index (κ3) is 3.39. The molecule has 2 aliphatic rings. The number of fused-ring (bicyclic) bond motifs is 1. The number of aromatic nitrogens is 1. The van der Waals surface area contributed by atoms with Gasteiger partial charge in [-0.25, -0.2) is 0 Å². The molecule has 1 aliphatic carbocycles. The van der Waals surface area contributed by atoms with Crippen molar-refractivity contribution in [2.45, 2.75) is 25.2 Å². The average Bonchev–Trinajstić information content (AvgIpc) is 3.16. The normalized spacial score (nSPS) is 18.3. The molecule has 1 N–H and O–H groups in total. The molecule has 0 amide bonds. The van der Waals surface area contributed by atoms with Gasteiger partial charge in [0.25, 0.3) is 0 Å². The van der Waals surface area contributed by atoms with Crippen molar-refractivity contribution in [1.82, 2.24) is 4.98 Å². The third-order valence-corrected chi connectivity index (χ3v) is 5.31. The molecule has 1 aliphatic heterocycles. The van der Waals surface area contributed by atoms with Gasteiger partial charge in [0.05, 0.1) is 7.11 Å². The van der Waals surface area contributed by atoms with Crippen LogP contribution in [0.4, 0.5) is 0 Å². The van der Waals surface area contributed by atoms with Crippen molar-refractivity contribution in [3.63, 3.8) is 0 Å². The van der Waals surface area contributed by atoms with Gasteiger partial charge < -0.3 is 19.2 Å². The summed E-state index contributed by atoms with van der Waals surface area (Å²) < 4.78 is 16.7. The smallest absolute Gasteiger partial charge is 0.146 e. The molecule has 0 fully saturated rings. The predicted octanol–water partition coefficient (Wildman–Crippen LogP) is 5.74. The van der Waals surface area contributed by atoms with Gasteiger partial charge in [0.15, 0.2) is 0 Å². The zero-order chi connectivity index (χ0) is 18.6. The monoisotopic (exact) mass is 362 g/mol. The summed E-state index contributed by atoms with van der Waals surface area (Å²) in [5.41, 5.74) is 3.65. The summed E-state index contributed by atoms with van der Waals surface area (Å²) in [5, 5.41) is 1.16. The number of benzene rings is 1. The highest BCUT2D eigenvalue weighted by molar-refractivity contribution is 5.85. The number of nitrogens with one attached hydrogen (secondary N) is 1. The van der Waals surface area contributed by atoms with E-state index in [1.165, 1.54) is 11.1 Å². The first kappa shape index (κ1) is 17.5. The number of aromatic amines is 1. The molecule has 4 heteroatoms. The van der Waals surface area contributed by atoms with E-state index in [0.717, 1.165) is 41.7 Å². The van der Waals surface area contributed by atoms with Gasteiger partial charge in [-0.15, -0.1) is 0 Å². The van der Waals surface area contributed by atoms with Crippen molar-refractivity contribution >= 4 is 10.9 Å². The highest BCUT2D eigenvalue weighted by Crippen LogP contribution is 2.44. The number of allylic oxidation sites excluding steroid dienone is 4. The van der Waals surface area contributed by atoms with Crippen molar-refractivity contribution in [3.8, 4) is 5.75 Å². The summed E-state index contributed by atoms with van der Waals surface area (Å²) >= 11 is 0. The molecular formula is C23H24NO3. The highest BCUT2D eigenvalue weighted by Gasteiger charge is 2.32. The van der Waals surface area contributed by atoms with Crippen LogP contribution in [0.3, 0.4) is 0 Å². The molecular weight excluding hydrogens is 338 g/mol. The second-order valence-electron chi connectivity index (χ2n) is 6.78. The maximum atomic E-state index is 5.86. The van der Waals surface area contributed by atoms with E-state index in [1.807, 2.05) is 6.07 Å². The Labute approximate surface area is 159 Å². The number of H-pyrrole nitrogens is 1. The fourth-order valence-corrected chi connectivity index (χ4v) is 4.00. The molecule has 139 valence electrons. The van der Waals surface area contributed by atoms with Gasteiger partial charge in [0.1, 0.15) is 30.3 Å². The van der Waals surface area contributed by atoms with E-state index in [2.05, 4.69) is 48.5 Å². The number of methoxy groups -OCH3 is 1. The number of hydrogen-bond acceptors (Lipinski definition) is 3. The van der Waals surface area contributed by atoms with Gasteiger partial charge in [-0.1, -0.05) is 30.7 Å². The largest absolute Gasteiger partial charge is 0.497 e. The maximum Gasteiger partial charge on any atom is 0.146 e. The predicted molar refractivity (Wildman–Crippen MR) is 107 cm³/mol.